The Hall–Kier alpha value is -10.3. The van der Waals surface area contributed by atoms with Gasteiger partial charge in [-0.15, -0.1) is 0 Å². The number of benzene rings is 8. The second-order valence-corrected chi connectivity index (χ2v) is 31.5. The Kier molecular flexibility index (Phi) is 39.1. The summed E-state index contributed by atoms with van der Waals surface area (Å²) in [6.07, 6.45) is 11.6. The molecular formula is C92H118Fe2N8O13. The number of aromatic hydroxyl groups is 4. The third kappa shape index (κ3) is 31.8. The van der Waals surface area contributed by atoms with Crippen molar-refractivity contribution >= 4 is 71.2 Å². The fraction of sp³-hybridized carbons (Fsp3) is 0.391. The van der Waals surface area contributed by atoms with Crippen LogP contribution in [0.3, 0.4) is 0 Å². The fourth-order valence-corrected chi connectivity index (χ4v) is 11.7. The molecule has 0 atom stereocenters. The van der Waals surface area contributed by atoms with E-state index in [-0.39, 0.29) is 86.2 Å². The summed E-state index contributed by atoms with van der Waals surface area (Å²) in [7, 11) is 0. The van der Waals surface area contributed by atoms with Crippen LogP contribution in [0.4, 0.5) is 22.7 Å². The van der Waals surface area contributed by atoms with Gasteiger partial charge in [0, 0.05) is 126 Å². The number of carbonyl (C=O) groups excluding carboxylic acids is 4. The van der Waals surface area contributed by atoms with E-state index in [1.807, 2.05) is 159 Å². The van der Waals surface area contributed by atoms with Crippen LogP contribution in [-0.4, -0.2) is 127 Å². The molecule has 0 aliphatic rings. The van der Waals surface area contributed by atoms with E-state index >= 15 is 0 Å². The van der Waals surface area contributed by atoms with Crippen LogP contribution in [0.15, 0.2) is 166 Å². The van der Waals surface area contributed by atoms with Crippen molar-refractivity contribution in [1.82, 2.24) is 0 Å². The second kappa shape index (κ2) is 46.3. The first-order valence-electron chi connectivity index (χ1n) is 38.5. The van der Waals surface area contributed by atoms with Crippen LogP contribution in [-0.2, 0) is 53.3 Å². The maximum Gasteiger partial charge on any atom is 0.230 e. The molecule has 0 aromatic heterocycles. The molecule has 0 saturated heterocycles. The molecule has 620 valence electrons. The van der Waals surface area contributed by atoms with E-state index in [4.69, 9.17) is 18.9 Å². The second-order valence-electron chi connectivity index (χ2n) is 31.5. The van der Waals surface area contributed by atoms with Gasteiger partial charge in [-0.1, -0.05) is 104 Å². The molecule has 8 rings (SSSR count). The molecule has 8 aromatic carbocycles. The molecule has 0 saturated carbocycles. The molecule has 4 amide bonds. The van der Waals surface area contributed by atoms with E-state index in [0.717, 1.165) is 93.2 Å². The minimum absolute atomic E-state index is 0. The molecule has 8 aromatic rings. The van der Waals surface area contributed by atoms with Gasteiger partial charge in [0.15, 0.2) is 0 Å². The van der Waals surface area contributed by atoms with Crippen LogP contribution in [0.25, 0.3) is 0 Å². The summed E-state index contributed by atoms with van der Waals surface area (Å²) in [4.78, 5) is 70.3. The Labute approximate surface area is 701 Å². The zero-order valence-corrected chi connectivity index (χ0v) is 71.7. The average molecular weight is 1660 g/mol. The molecule has 115 heavy (non-hydrogen) atoms. The molecule has 0 fully saturated rings. The van der Waals surface area contributed by atoms with Gasteiger partial charge in [-0.25, -0.2) is 0 Å². The maximum absolute atomic E-state index is 13.2. The summed E-state index contributed by atoms with van der Waals surface area (Å²) in [5.74, 6) is 3.11. The molecule has 23 heteroatoms. The van der Waals surface area contributed by atoms with Crippen LogP contribution in [0.1, 0.15) is 174 Å². The van der Waals surface area contributed by atoms with Crippen molar-refractivity contribution < 1.29 is 98.2 Å². The maximum atomic E-state index is 13.2. The first-order valence-corrected chi connectivity index (χ1v) is 38.5. The Bertz CT molecular complexity index is 4090. The number of ether oxygens (including phenoxy) is 4. The quantitative estimate of drug-likeness (QED) is 0.00775. The van der Waals surface area contributed by atoms with Crippen molar-refractivity contribution in [3.8, 4) is 46.0 Å². The molecule has 0 spiro atoms. The Morgan fingerprint density at radius 2 is 0.504 bits per heavy atom. The van der Waals surface area contributed by atoms with Crippen LogP contribution >= 0.6 is 0 Å². The number of aliphatic imine (C=N–C) groups is 4. The van der Waals surface area contributed by atoms with Gasteiger partial charge in [0.05, 0.1) is 52.6 Å². The first kappa shape index (κ1) is 97.1. The van der Waals surface area contributed by atoms with E-state index in [1.165, 1.54) is 24.3 Å². The van der Waals surface area contributed by atoms with Gasteiger partial charge in [-0.05, 0) is 248 Å². The number of phenols is 4. The zero-order valence-electron chi connectivity index (χ0n) is 69.5. The number of nitrogens with one attached hydrogen (secondary N) is 4. The van der Waals surface area contributed by atoms with Crippen molar-refractivity contribution in [2.45, 2.75) is 162 Å². The number of phenolic OH excluding ortho intramolecular Hbond substituents is 4. The van der Waals surface area contributed by atoms with E-state index in [9.17, 15) is 39.6 Å². The number of amides is 4. The fourth-order valence-electron chi connectivity index (χ4n) is 11.7. The standard InChI is InChI=1S/2C46H58N4O6.2Fe.H2O/c2*1-31-11-13-33(3)41(25-31)55-23-9-19-45(5,6)43(53)49-37-15-17-39(51)35(27-37)29-47-21-22-48-30-36-28-38(16-18-40(36)52)50-44(54)46(7,8)20-10-24-56-42-26-32(2)12-14-34(42)4;;;/h2*11-18,25-30,51-52H,9-10,19-24H2,1-8H3,(H,49,53)(H,50,54);;;1H2. The summed E-state index contributed by atoms with van der Waals surface area (Å²) in [5, 5.41) is 53.6. The predicted molar refractivity (Wildman–Crippen MR) is 458 cm³/mol. The zero-order chi connectivity index (χ0) is 81.8. The summed E-state index contributed by atoms with van der Waals surface area (Å²) in [5.41, 5.74) is 10.4. The summed E-state index contributed by atoms with van der Waals surface area (Å²) < 4.78 is 23.9. The Morgan fingerprint density at radius 1 is 0.313 bits per heavy atom. The molecular weight excluding hydrogens is 1540 g/mol. The van der Waals surface area contributed by atoms with E-state index in [2.05, 4.69) is 65.5 Å². The molecule has 0 unspecified atom stereocenters. The minimum Gasteiger partial charge on any atom is -0.507 e. The van der Waals surface area contributed by atoms with Gasteiger partial charge in [0.2, 0.25) is 23.6 Å². The number of rotatable bonds is 38. The largest absolute Gasteiger partial charge is 0.507 e. The Morgan fingerprint density at radius 3 is 0.696 bits per heavy atom. The van der Waals surface area contributed by atoms with Crippen LogP contribution in [0, 0.1) is 77.0 Å². The monoisotopic (exact) mass is 1650 g/mol. The molecule has 10 N–H and O–H groups in total. The van der Waals surface area contributed by atoms with Gasteiger partial charge in [-0.2, -0.15) is 0 Å². The smallest absolute Gasteiger partial charge is 0.230 e. The van der Waals surface area contributed by atoms with Gasteiger partial charge >= 0.3 is 0 Å². The first-order chi connectivity index (χ1) is 53.1. The van der Waals surface area contributed by atoms with Crippen molar-refractivity contribution in [2.24, 2.45) is 41.6 Å². The SMILES string of the molecule is Cc1ccc(C)c(OCCCC(C)(C)C(=O)Nc2ccc(O)c(C=NCCN=Cc3cc(NC(=O)C(C)(C)CCCOc4cc(C)ccc4C)ccc3O)c2)c1.Cc1ccc(C)c(OCCCC(C)(C)C(=O)Nc2ccc(O)c(C=NCCN=Cc3cc(NC(=O)C(C)(C)CCCOc4cc(C)ccc4C)ccc3O)c2)c1.O.[Fe].[Fe]. The van der Waals surface area contributed by atoms with Crippen molar-refractivity contribution in [1.29, 1.82) is 0 Å². The van der Waals surface area contributed by atoms with Crippen molar-refractivity contribution in [3.63, 3.8) is 0 Å². The number of hydrogen-bond acceptors (Lipinski definition) is 16. The molecule has 21 nitrogen and oxygen atoms in total. The van der Waals surface area contributed by atoms with Gasteiger partial charge < -0.3 is 66.1 Å². The van der Waals surface area contributed by atoms with Crippen LogP contribution < -0.4 is 40.2 Å². The van der Waals surface area contributed by atoms with Gasteiger partial charge in [0.25, 0.3) is 0 Å². The molecule has 0 aliphatic carbocycles. The van der Waals surface area contributed by atoms with E-state index in [0.29, 0.717) is 123 Å². The summed E-state index contributed by atoms with van der Waals surface area (Å²) >= 11 is 0. The number of aryl methyl sites for hydroxylation is 8. The minimum atomic E-state index is -0.636. The number of carbonyl (C=O) groups is 4. The summed E-state index contributed by atoms with van der Waals surface area (Å²) in [6, 6.07) is 43.9. The Balaban J connectivity index is 0.000000472. The third-order valence-corrected chi connectivity index (χ3v) is 19.4. The predicted octanol–water partition coefficient (Wildman–Crippen LogP) is 18.2. The van der Waals surface area contributed by atoms with E-state index < -0.39 is 21.7 Å². The van der Waals surface area contributed by atoms with Gasteiger partial charge in [0.1, 0.15) is 46.0 Å². The molecule has 0 aliphatic heterocycles. The van der Waals surface area contributed by atoms with Crippen molar-refractivity contribution in [2.75, 3.05) is 73.9 Å². The molecule has 0 heterocycles. The number of nitrogens with zero attached hydrogens (tertiary/aromatic N) is 4. The van der Waals surface area contributed by atoms with Crippen LogP contribution in [0.5, 0.6) is 46.0 Å². The molecule has 0 bridgehead atoms. The van der Waals surface area contributed by atoms with Crippen molar-refractivity contribution in [3.05, 3.63) is 212 Å². The number of anilines is 4. The average Bonchev–Trinajstić information content (AvgIpc) is 0.847. The van der Waals surface area contributed by atoms with E-state index in [1.54, 1.807) is 73.4 Å². The summed E-state index contributed by atoms with van der Waals surface area (Å²) in [6.45, 7) is 34.8. The van der Waals surface area contributed by atoms with Gasteiger partial charge in [-0.3, -0.25) is 39.1 Å². The van der Waals surface area contributed by atoms with Crippen LogP contribution in [0.2, 0.25) is 0 Å². The number of hydrogen-bond donors (Lipinski definition) is 8. The topological polar surface area (TPSA) is 315 Å². The third-order valence-electron chi connectivity index (χ3n) is 19.4. The normalized spacial score (nSPS) is 11.6. The molecule has 0 radical (unpaired) electrons.